The van der Waals surface area contributed by atoms with Crippen molar-refractivity contribution in [3.63, 3.8) is 0 Å². The normalized spacial score (nSPS) is 19.5. The molecule has 2 rings (SSSR count). The molecule has 1 atom stereocenters. The Morgan fingerprint density at radius 1 is 1.53 bits per heavy atom. The van der Waals surface area contributed by atoms with E-state index in [-0.39, 0.29) is 17.0 Å². The molecule has 0 aliphatic carbocycles. The minimum atomic E-state index is -0.300. The van der Waals surface area contributed by atoms with Crippen molar-refractivity contribution in [3.05, 3.63) is 33.7 Å². The summed E-state index contributed by atoms with van der Waals surface area (Å²) in [5, 5.41) is 0. The van der Waals surface area contributed by atoms with Crippen molar-refractivity contribution in [3.8, 4) is 0 Å². The third kappa shape index (κ3) is 3.23. The second-order valence-electron chi connectivity index (χ2n) is 5.22. The second-order valence-corrected chi connectivity index (χ2v) is 5.22. The average molecular weight is 263 g/mol. The first-order chi connectivity index (χ1) is 9.11. The zero-order valence-electron chi connectivity index (χ0n) is 11.3. The van der Waals surface area contributed by atoms with Crippen LogP contribution < -0.4 is 11.3 Å². The molecule has 1 fully saturated rings. The van der Waals surface area contributed by atoms with E-state index >= 15 is 0 Å². The Hall–Kier alpha value is -1.62. The Labute approximate surface area is 112 Å². The zero-order valence-corrected chi connectivity index (χ0v) is 11.3. The smallest absolute Gasteiger partial charge is 0.260 e. The number of nitrogens with zero attached hydrogens (tertiary/aromatic N) is 1. The van der Waals surface area contributed by atoms with Crippen molar-refractivity contribution >= 4 is 5.91 Å². The van der Waals surface area contributed by atoms with E-state index in [0.29, 0.717) is 19.0 Å². The van der Waals surface area contributed by atoms with Crippen LogP contribution in [0.3, 0.4) is 0 Å². The molecule has 1 saturated heterocycles. The number of likely N-dealkylation sites (tertiary alicyclic amines) is 1. The third-order valence-corrected chi connectivity index (χ3v) is 3.67. The van der Waals surface area contributed by atoms with Gasteiger partial charge in [-0.1, -0.05) is 0 Å². The van der Waals surface area contributed by atoms with Gasteiger partial charge in [0.05, 0.1) is 0 Å². The van der Waals surface area contributed by atoms with Crippen LogP contribution in [0.4, 0.5) is 0 Å². The minimum absolute atomic E-state index is 0.164. The predicted octanol–water partition coefficient (Wildman–Crippen LogP) is 0.884. The van der Waals surface area contributed by atoms with Crippen LogP contribution in [-0.2, 0) is 0 Å². The highest BCUT2D eigenvalue weighted by molar-refractivity contribution is 5.93. The molecule has 104 valence electrons. The van der Waals surface area contributed by atoms with Crippen molar-refractivity contribution in [2.75, 3.05) is 19.6 Å². The number of hydrogen-bond donors (Lipinski definition) is 2. The summed E-state index contributed by atoms with van der Waals surface area (Å²) in [6.45, 7) is 3.89. The maximum atomic E-state index is 12.4. The number of carbonyl (C=O) groups excluding carboxylic acids is 1. The number of piperidine rings is 1. The van der Waals surface area contributed by atoms with Gasteiger partial charge in [-0.3, -0.25) is 9.59 Å². The molecule has 1 aromatic heterocycles. The molecule has 5 nitrogen and oxygen atoms in total. The van der Waals surface area contributed by atoms with Gasteiger partial charge in [-0.05, 0) is 50.8 Å². The number of aryl methyl sites for hydroxylation is 1. The first-order valence-electron chi connectivity index (χ1n) is 6.81. The second kappa shape index (κ2) is 6.02. The third-order valence-electron chi connectivity index (χ3n) is 3.67. The van der Waals surface area contributed by atoms with Crippen LogP contribution in [-0.4, -0.2) is 35.4 Å². The summed E-state index contributed by atoms with van der Waals surface area (Å²) in [5.74, 6) is 0.301. The van der Waals surface area contributed by atoms with Crippen molar-refractivity contribution in [1.82, 2.24) is 9.88 Å². The van der Waals surface area contributed by atoms with Crippen LogP contribution in [0.15, 0.2) is 16.9 Å². The summed E-state index contributed by atoms with van der Waals surface area (Å²) in [7, 11) is 0. The van der Waals surface area contributed by atoms with Gasteiger partial charge in [0.2, 0.25) is 0 Å². The first kappa shape index (κ1) is 13.8. The van der Waals surface area contributed by atoms with Crippen molar-refractivity contribution < 1.29 is 4.79 Å². The number of nitrogens with one attached hydrogen (secondary N) is 1. The maximum absolute atomic E-state index is 12.4. The Bertz CT molecular complexity index is 508. The quantitative estimate of drug-likeness (QED) is 0.849. The van der Waals surface area contributed by atoms with Gasteiger partial charge >= 0.3 is 0 Å². The Morgan fingerprint density at radius 2 is 2.32 bits per heavy atom. The Balaban J connectivity index is 2.12. The fourth-order valence-electron chi connectivity index (χ4n) is 2.63. The van der Waals surface area contributed by atoms with Crippen LogP contribution in [0.5, 0.6) is 0 Å². The lowest BCUT2D eigenvalue weighted by molar-refractivity contribution is 0.0667. The molecule has 0 spiro atoms. The van der Waals surface area contributed by atoms with Crippen molar-refractivity contribution in [2.24, 2.45) is 11.7 Å². The highest BCUT2D eigenvalue weighted by Gasteiger charge is 2.25. The number of aromatic nitrogens is 1. The number of aromatic amines is 1. The topological polar surface area (TPSA) is 79.2 Å². The molecular formula is C14H21N3O2. The highest BCUT2D eigenvalue weighted by Crippen LogP contribution is 2.20. The number of carbonyl (C=O) groups is 1. The molecule has 5 heteroatoms. The van der Waals surface area contributed by atoms with Gasteiger partial charge in [0, 0.05) is 18.8 Å². The lowest BCUT2D eigenvalue weighted by Crippen LogP contribution is -2.42. The van der Waals surface area contributed by atoms with Gasteiger partial charge in [-0.15, -0.1) is 0 Å². The minimum Gasteiger partial charge on any atom is -0.338 e. The van der Waals surface area contributed by atoms with E-state index in [1.54, 1.807) is 24.0 Å². The molecule has 19 heavy (non-hydrogen) atoms. The van der Waals surface area contributed by atoms with Crippen LogP contribution in [0, 0.1) is 12.8 Å². The summed E-state index contributed by atoms with van der Waals surface area (Å²) in [6, 6.07) is 3.37. The van der Waals surface area contributed by atoms with Gasteiger partial charge in [0.1, 0.15) is 5.56 Å². The molecule has 1 aromatic rings. The van der Waals surface area contributed by atoms with Gasteiger partial charge in [-0.2, -0.15) is 0 Å². The molecule has 1 unspecified atom stereocenters. The maximum Gasteiger partial charge on any atom is 0.260 e. The van der Waals surface area contributed by atoms with E-state index in [0.717, 1.165) is 31.5 Å². The van der Waals surface area contributed by atoms with E-state index < -0.39 is 0 Å². The first-order valence-corrected chi connectivity index (χ1v) is 6.81. The Kier molecular flexibility index (Phi) is 4.37. The van der Waals surface area contributed by atoms with Gasteiger partial charge < -0.3 is 15.6 Å². The van der Waals surface area contributed by atoms with Gasteiger partial charge in [0.15, 0.2) is 0 Å². The molecule has 2 heterocycles. The van der Waals surface area contributed by atoms with E-state index in [9.17, 15) is 9.59 Å². The summed E-state index contributed by atoms with van der Waals surface area (Å²) in [5.41, 5.74) is 6.27. The molecule has 0 saturated carbocycles. The molecule has 1 amide bonds. The summed E-state index contributed by atoms with van der Waals surface area (Å²) >= 11 is 0. The van der Waals surface area contributed by atoms with E-state index in [2.05, 4.69) is 4.98 Å². The van der Waals surface area contributed by atoms with Crippen LogP contribution in [0.2, 0.25) is 0 Å². The number of pyridine rings is 1. The van der Waals surface area contributed by atoms with Crippen LogP contribution >= 0.6 is 0 Å². The number of rotatable bonds is 3. The largest absolute Gasteiger partial charge is 0.338 e. The molecule has 3 N–H and O–H groups in total. The monoisotopic (exact) mass is 263 g/mol. The summed E-state index contributed by atoms with van der Waals surface area (Å²) < 4.78 is 0. The molecule has 0 bridgehead atoms. The predicted molar refractivity (Wildman–Crippen MR) is 74.1 cm³/mol. The molecular weight excluding hydrogens is 242 g/mol. The Morgan fingerprint density at radius 3 is 3.00 bits per heavy atom. The molecule has 1 aliphatic rings. The summed E-state index contributed by atoms with van der Waals surface area (Å²) in [6.07, 6.45) is 3.04. The number of nitrogens with two attached hydrogens (primary N) is 1. The lowest BCUT2D eigenvalue weighted by Gasteiger charge is -2.32. The standard InChI is InChI=1S/C14H21N3O2/c1-10-4-5-12(13(18)16-10)14(19)17-8-2-3-11(9-17)6-7-15/h4-5,11H,2-3,6-9,15H2,1H3,(H,16,18). The number of amides is 1. The lowest BCUT2D eigenvalue weighted by atomic mass is 9.94. The molecule has 0 radical (unpaired) electrons. The fourth-order valence-corrected chi connectivity index (χ4v) is 2.63. The summed E-state index contributed by atoms with van der Waals surface area (Å²) in [4.78, 5) is 28.6. The van der Waals surface area contributed by atoms with Crippen molar-refractivity contribution in [1.29, 1.82) is 0 Å². The van der Waals surface area contributed by atoms with E-state index in [1.165, 1.54) is 0 Å². The number of hydrogen-bond acceptors (Lipinski definition) is 3. The van der Waals surface area contributed by atoms with Gasteiger partial charge in [0.25, 0.3) is 11.5 Å². The van der Waals surface area contributed by atoms with Crippen LogP contribution in [0.25, 0.3) is 0 Å². The van der Waals surface area contributed by atoms with Crippen molar-refractivity contribution in [2.45, 2.75) is 26.2 Å². The molecule has 0 aromatic carbocycles. The fraction of sp³-hybridized carbons (Fsp3) is 0.571. The zero-order chi connectivity index (χ0) is 13.8. The number of H-pyrrole nitrogens is 1. The van der Waals surface area contributed by atoms with E-state index in [4.69, 9.17) is 5.73 Å². The van der Waals surface area contributed by atoms with E-state index in [1.807, 2.05) is 0 Å². The SMILES string of the molecule is Cc1ccc(C(=O)N2CCCC(CCN)C2)c(=O)[nH]1. The highest BCUT2D eigenvalue weighted by atomic mass is 16.2. The molecule has 1 aliphatic heterocycles. The van der Waals surface area contributed by atoms with Crippen LogP contribution in [0.1, 0.15) is 35.3 Å². The average Bonchev–Trinajstić information content (AvgIpc) is 2.39. The van der Waals surface area contributed by atoms with Gasteiger partial charge in [-0.25, -0.2) is 0 Å².